The average molecular weight is 197 g/mol. The Morgan fingerprint density at radius 3 is 2.79 bits per heavy atom. The molecule has 0 saturated carbocycles. The van der Waals surface area contributed by atoms with E-state index >= 15 is 0 Å². The summed E-state index contributed by atoms with van der Waals surface area (Å²) >= 11 is 0. The topological polar surface area (TPSA) is 35.2 Å². The molecule has 0 fully saturated rings. The molecule has 14 heavy (non-hydrogen) atoms. The van der Waals surface area contributed by atoms with E-state index < -0.39 is 6.67 Å². The van der Waals surface area contributed by atoms with Gasteiger partial charge in [0.25, 0.3) is 0 Å². The molecule has 0 radical (unpaired) electrons. The first-order valence-corrected chi connectivity index (χ1v) is 4.70. The van der Waals surface area contributed by atoms with Crippen LogP contribution in [0.25, 0.3) is 0 Å². The number of hydrogen-bond donors (Lipinski definition) is 1. The van der Waals surface area contributed by atoms with Gasteiger partial charge in [-0.2, -0.15) is 0 Å². The van der Waals surface area contributed by atoms with E-state index in [2.05, 4.69) is 0 Å². The molecule has 0 aliphatic rings. The fourth-order valence-corrected chi connectivity index (χ4v) is 1.30. The zero-order valence-electron chi connectivity index (χ0n) is 8.59. The van der Waals surface area contributed by atoms with Gasteiger partial charge in [0.1, 0.15) is 19.0 Å². The fraction of sp³-hybridized carbons (Fsp3) is 0.455. The lowest BCUT2D eigenvalue weighted by atomic mass is 10.1. The highest BCUT2D eigenvalue weighted by molar-refractivity contribution is 5.38. The lowest BCUT2D eigenvalue weighted by Crippen LogP contribution is -2.09. The molecule has 0 saturated heterocycles. The standard InChI is InChI=1S/C11H16FNO/c1-8-3-4-11(14-6-5-12)10(7-8)9(2)13/h3-4,7,9H,5-6,13H2,1-2H3. The molecule has 0 heterocycles. The third-order valence-corrected chi connectivity index (χ3v) is 1.99. The number of rotatable bonds is 4. The summed E-state index contributed by atoms with van der Waals surface area (Å²) in [4.78, 5) is 0. The van der Waals surface area contributed by atoms with Crippen LogP contribution in [-0.4, -0.2) is 13.3 Å². The van der Waals surface area contributed by atoms with Crippen molar-refractivity contribution in [2.45, 2.75) is 19.9 Å². The molecule has 0 aliphatic carbocycles. The molecular formula is C11H16FNO. The second kappa shape index (κ2) is 4.96. The Kier molecular flexibility index (Phi) is 3.89. The first kappa shape index (κ1) is 11.0. The molecule has 1 unspecified atom stereocenters. The van der Waals surface area contributed by atoms with Crippen LogP contribution in [0.5, 0.6) is 5.75 Å². The third-order valence-electron chi connectivity index (χ3n) is 1.99. The summed E-state index contributed by atoms with van der Waals surface area (Å²) in [6.07, 6.45) is 0. The number of ether oxygens (including phenoxy) is 1. The summed E-state index contributed by atoms with van der Waals surface area (Å²) in [7, 11) is 0. The number of hydrogen-bond acceptors (Lipinski definition) is 2. The van der Waals surface area contributed by atoms with Crippen molar-refractivity contribution in [3.05, 3.63) is 29.3 Å². The number of nitrogens with two attached hydrogens (primary N) is 1. The Bertz CT molecular complexity index is 299. The monoisotopic (exact) mass is 197 g/mol. The number of halogens is 1. The molecule has 2 nitrogen and oxygen atoms in total. The van der Waals surface area contributed by atoms with Gasteiger partial charge in [0.05, 0.1) is 0 Å². The molecule has 2 N–H and O–H groups in total. The molecule has 0 amide bonds. The summed E-state index contributed by atoms with van der Waals surface area (Å²) in [5.41, 5.74) is 7.84. The molecule has 0 spiro atoms. The van der Waals surface area contributed by atoms with Crippen molar-refractivity contribution >= 4 is 0 Å². The fourth-order valence-electron chi connectivity index (χ4n) is 1.30. The van der Waals surface area contributed by atoms with Gasteiger partial charge in [0.2, 0.25) is 0 Å². The largest absolute Gasteiger partial charge is 0.491 e. The Morgan fingerprint density at radius 2 is 2.21 bits per heavy atom. The van der Waals surface area contributed by atoms with Crippen LogP contribution >= 0.6 is 0 Å². The van der Waals surface area contributed by atoms with Crippen molar-refractivity contribution in [3.8, 4) is 5.75 Å². The van der Waals surface area contributed by atoms with Gasteiger partial charge in [0.15, 0.2) is 0 Å². The molecule has 1 rings (SSSR count). The van der Waals surface area contributed by atoms with Gasteiger partial charge in [0, 0.05) is 11.6 Å². The molecule has 0 aromatic heterocycles. The average Bonchev–Trinajstić information content (AvgIpc) is 2.15. The van der Waals surface area contributed by atoms with Crippen LogP contribution in [0.1, 0.15) is 24.1 Å². The molecular weight excluding hydrogens is 181 g/mol. The normalized spacial score (nSPS) is 12.6. The molecule has 3 heteroatoms. The van der Waals surface area contributed by atoms with Gasteiger partial charge in [-0.25, -0.2) is 4.39 Å². The summed E-state index contributed by atoms with van der Waals surface area (Å²) in [5.74, 6) is 0.684. The number of alkyl halides is 1. The molecule has 1 aromatic carbocycles. The van der Waals surface area contributed by atoms with Crippen molar-refractivity contribution in [1.82, 2.24) is 0 Å². The Labute approximate surface area is 83.9 Å². The van der Waals surface area contributed by atoms with Crippen LogP contribution in [0.3, 0.4) is 0 Å². The summed E-state index contributed by atoms with van der Waals surface area (Å²) in [6.45, 7) is 3.48. The third kappa shape index (κ3) is 2.70. The molecule has 78 valence electrons. The highest BCUT2D eigenvalue weighted by atomic mass is 19.1. The van der Waals surface area contributed by atoms with Crippen LogP contribution < -0.4 is 10.5 Å². The van der Waals surface area contributed by atoms with Crippen molar-refractivity contribution in [1.29, 1.82) is 0 Å². The Hall–Kier alpha value is -1.09. The zero-order valence-corrected chi connectivity index (χ0v) is 8.59. The van der Waals surface area contributed by atoms with Crippen molar-refractivity contribution in [2.75, 3.05) is 13.3 Å². The minimum absolute atomic E-state index is 0.0861. The van der Waals surface area contributed by atoms with E-state index in [1.807, 2.05) is 32.0 Å². The highest BCUT2D eigenvalue weighted by Crippen LogP contribution is 2.24. The molecule has 1 atom stereocenters. The maximum atomic E-state index is 11.9. The molecule has 0 bridgehead atoms. The minimum Gasteiger partial charge on any atom is -0.491 e. The quantitative estimate of drug-likeness (QED) is 0.804. The van der Waals surface area contributed by atoms with Gasteiger partial charge in [-0.3, -0.25) is 0 Å². The molecule has 0 aliphatic heterocycles. The van der Waals surface area contributed by atoms with E-state index in [-0.39, 0.29) is 12.6 Å². The van der Waals surface area contributed by atoms with E-state index in [9.17, 15) is 4.39 Å². The molecule has 1 aromatic rings. The summed E-state index contributed by atoms with van der Waals surface area (Å²) in [6, 6.07) is 5.64. The lowest BCUT2D eigenvalue weighted by molar-refractivity contribution is 0.270. The smallest absolute Gasteiger partial charge is 0.124 e. The van der Waals surface area contributed by atoms with E-state index in [1.165, 1.54) is 0 Å². The Morgan fingerprint density at radius 1 is 1.50 bits per heavy atom. The van der Waals surface area contributed by atoms with E-state index in [0.29, 0.717) is 5.75 Å². The van der Waals surface area contributed by atoms with Crippen LogP contribution in [-0.2, 0) is 0 Å². The zero-order chi connectivity index (χ0) is 10.6. The predicted octanol–water partition coefficient (Wildman–Crippen LogP) is 2.36. The Balaban J connectivity index is 2.90. The van der Waals surface area contributed by atoms with E-state index in [1.54, 1.807) is 0 Å². The lowest BCUT2D eigenvalue weighted by Gasteiger charge is -2.13. The van der Waals surface area contributed by atoms with E-state index in [4.69, 9.17) is 10.5 Å². The summed E-state index contributed by atoms with van der Waals surface area (Å²) < 4.78 is 17.2. The number of aryl methyl sites for hydroxylation is 1. The highest BCUT2D eigenvalue weighted by Gasteiger charge is 2.07. The van der Waals surface area contributed by atoms with Crippen molar-refractivity contribution in [2.24, 2.45) is 5.73 Å². The second-order valence-electron chi connectivity index (χ2n) is 3.37. The maximum absolute atomic E-state index is 11.9. The van der Waals surface area contributed by atoms with Crippen LogP contribution in [0.15, 0.2) is 18.2 Å². The van der Waals surface area contributed by atoms with E-state index in [0.717, 1.165) is 11.1 Å². The van der Waals surface area contributed by atoms with Gasteiger partial charge in [-0.15, -0.1) is 0 Å². The van der Waals surface area contributed by atoms with Gasteiger partial charge in [-0.05, 0) is 19.9 Å². The van der Waals surface area contributed by atoms with Gasteiger partial charge >= 0.3 is 0 Å². The second-order valence-corrected chi connectivity index (χ2v) is 3.37. The van der Waals surface area contributed by atoms with Crippen LogP contribution in [0, 0.1) is 6.92 Å². The van der Waals surface area contributed by atoms with Crippen LogP contribution in [0.2, 0.25) is 0 Å². The summed E-state index contributed by atoms with van der Waals surface area (Å²) in [5, 5.41) is 0. The maximum Gasteiger partial charge on any atom is 0.124 e. The first-order chi connectivity index (χ1) is 6.65. The predicted molar refractivity (Wildman–Crippen MR) is 55.3 cm³/mol. The first-order valence-electron chi connectivity index (χ1n) is 4.70. The SMILES string of the molecule is Cc1ccc(OCCF)c(C(C)N)c1. The van der Waals surface area contributed by atoms with Gasteiger partial charge in [-0.1, -0.05) is 17.7 Å². The van der Waals surface area contributed by atoms with Crippen molar-refractivity contribution < 1.29 is 9.13 Å². The van der Waals surface area contributed by atoms with Gasteiger partial charge < -0.3 is 10.5 Å². The van der Waals surface area contributed by atoms with Crippen molar-refractivity contribution in [3.63, 3.8) is 0 Å². The minimum atomic E-state index is -0.480. The van der Waals surface area contributed by atoms with Crippen LogP contribution in [0.4, 0.5) is 4.39 Å². The number of benzene rings is 1.